The molecule has 0 radical (unpaired) electrons. The Balaban J connectivity index is 1.36. The van der Waals surface area contributed by atoms with Crippen molar-refractivity contribution in [2.75, 3.05) is 0 Å². The topological polar surface area (TPSA) is 62.2 Å². The molecule has 1 aromatic heterocycles. The summed E-state index contributed by atoms with van der Waals surface area (Å²) in [6.45, 7) is 2.70. The molecule has 6 rings (SSSR count). The number of rotatable bonds is 6. The molecule has 2 fully saturated rings. The van der Waals surface area contributed by atoms with Crippen LogP contribution in [0.3, 0.4) is 0 Å². The van der Waals surface area contributed by atoms with E-state index in [2.05, 4.69) is 10.3 Å². The molecule has 1 aromatic carbocycles. The van der Waals surface area contributed by atoms with Crippen molar-refractivity contribution < 1.29 is 31.9 Å². The highest BCUT2D eigenvalue weighted by atomic mass is 19.4. The molecule has 0 spiro atoms. The number of hydrogen-bond acceptors (Lipinski definition) is 4. The lowest BCUT2D eigenvalue weighted by Crippen LogP contribution is -2.65. The van der Waals surface area contributed by atoms with E-state index in [9.17, 15) is 23.1 Å². The smallest absolute Gasteiger partial charge is 0.383 e. The van der Waals surface area contributed by atoms with Gasteiger partial charge in [0.2, 0.25) is 0 Å². The van der Waals surface area contributed by atoms with Crippen molar-refractivity contribution in [2.45, 2.75) is 88.6 Å². The summed E-state index contributed by atoms with van der Waals surface area (Å²) >= 11 is 0. The molecule has 0 unspecified atom stereocenters. The van der Waals surface area contributed by atoms with E-state index in [0.29, 0.717) is 38.8 Å². The number of nitrogens with zero attached hydrogens (tertiary/aromatic N) is 1. The van der Waals surface area contributed by atoms with Crippen LogP contribution in [0, 0.1) is 17.3 Å². The summed E-state index contributed by atoms with van der Waals surface area (Å²) in [6.07, 6.45) is 0.849. The first-order valence-electron chi connectivity index (χ1n) is 14.7. The Bertz CT molecular complexity index is 1420. The zero-order valence-corrected chi connectivity index (χ0v) is 23.5. The number of aromatic nitrogens is 1. The van der Waals surface area contributed by atoms with Crippen LogP contribution in [-0.2, 0) is 17.9 Å². The monoisotopic (exact) mass is 586 g/mol. The maximum absolute atomic E-state index is 15.2. The minimum Gasteiger partial charge on any atom is -0.383 e. The highest BCUT2D eigenvalue weighted by Gasteiger charge is 2.79. The van der Waals surface area contributed by atoms with E-state index < -0.39 is 41.4 Å². The van der Waals surface area contributed by atoms with Crippen LogP contribution in [-0.4, -0.2) is 33.6 Å². The van der Waals surface area contributed by atoms with Crippen LogP contribution in [0.15, 0.2) is 71.6 Å². The van der Waals surface area contributed by atoms with E-state index in [0.717, 1.165) is 33.4 Å². The van der Waals surface area contributed by atoms with Crippen LogP contribution in [0.1, 0.15) is 74.5 Å². The van der Waals surface area contributed by atoms with Crippen LogP contribution >= 0.6 is 0 Å². The van der Waals surface area contributed by atoms with Crippen LogP contribution in [0.25, 0.3) is 0 Å². The molecule has 2 N–H and O–H groups in total. The second kappa shape index (κ2) is 10.4. The third-order valence-electron chi connectivity index (χ3n) is 10.6. The predicted octanol–water partition coefficient (Wildman–Crippen LogP) is 7.20. The molecular formula is C33H35F5N2O2. The molecule has 0 aliphatic heterocycles. The Morgan fingerprint density at radius 2 is 1.62 bits per heavy atom. The Labute approximate surface area is 242 Å². The molecule has 4 aliphatic rings. The van der Waals surface area contributed by atoms with E-state index >= 15 is 8.78 Å². The largest absolute Gasteiger partial charge is 0.456 e. The fraction of sp³-hybridized carbons (Fsp3) is 0.515. The molecule has 4 aliphatic carbocycles. The number of aliphatic hydroxyl groups is 1. The maximum Gasteiger partial charge on any atom is 0.456 e. The molecule has 0 bridgehead atoms. The fourth-order valence-corrected chi connectivity index (χ4v) is 8.43. The number of halogens is 5. The summed E-state index contributed by atoms with van der Waals surface area (Å²) in [6, 6.07) is 11.6. The molecule has 2 saturated carbocycles. The number of carbonyl (C=O) groups excluding carboxylic acids is 1. The van der Waals surface area contributed by atoms with Crippen LogP contribution in [0.4, 0.5) is 22.0 Å². The van der Waals surface area contributed by atoms with E-state index in [-0.39, 0.29) is 24.5 Å². The van der Waals surface area contributed by atoms with E-state index in [1.807, 2.05) is 36.4 Å². The van der Waals surface area contributed by atoms with Gasteiger partial charge in [-0.2, -0.15) is 22.0 Å². The summed E-state index contributed by atoms with van der Waals surface area (Å²) in [5, 5.41) is 14.8. The molecule has 5 atom stereocenters. The standard InChI is InChI=1S/C33H35F5N2O2/c1-30-17-27(22-4-2-20(3-5-22)18-40-19-21-11-14-39-15-12-21)29-25-9-7-24(41)16-23(25)6-8-26(29)28(30)10-13-31(30,42)32(34,35)33(36,37)38/h2-5,11-12,14-16,26-28,40,42H,6-10,13,17-19H2,1H3/t26-,27+,28-,30-,31-/m0/s1. The number of carbonyl (C=O) groups is 1. The van der Waals surface area contributed by atoms with Crippen molar-refractivity contribution in [3.63, 3.8) is 0 Å². The van der Waals surface area contributed by atoms with E-state index in [1.54, 1.807) is 18.5 Å². The minimum absolute atomic E-state index is 0.0178. The lowest BCUT2D eigenvalue weighted by Gasteiger charge is -2.56. The van der Waals surface area contributed by atoms with Gasteiger partial charge in [-0.1, -0.05) is 36.8 Å². The summed E-state index contributed by atoms with van der Waals surface area (Å²) in [5.74, 6) is -6.34. The van der Waals surface area contributed by atoms with Crippen molar-refractivity contribution >= 4 is 5.78 Å². The Hall–Kier alpha value is -2.91. The van der Waals surface area contributed by atoms with Gasteiger partial charge in [0.05, 0.1) is 0 Å². The number of pyridine rings is 1. The second-order valence-corrected chi connectivity index (χ2v) is 12.7. The number of allylic oxidation sites excluding steroid dienone is 4. The molecule has 2 aromatic rings. The summed E-state index contributed by atoms with van der Waals surface area (Å²) in [5.41, 5.74) is 1.20. The first-order valence-corrected chi connectivity index (χ1v) is 14.7. The number of fused-ring (bicyclic) bond motifs is 4. The van der Waals surface area contributed by atoms with Gasteiger partial charge in [-0.3, -0.25) is 9.78 Å². The van der Waals surface area contributed by atoms with Gasteiger partial charge >= 0.3 is 12.1 Å². The first-order chi connectivity index (χ1) is 19.9. The van der Waals surface area contributed by atoms with Gasteiger partial charge in [0.1, 0.15) is 5.60 Å². The van der Waals surface area contributed by atoms with Gasteiger partial charge in [0.25, 0.3) is 0 Å². The average Bonchev–Trinajstić information content (AvgIpc) is 3.24. The van der Waals surface area contributed by atoms with Crippen LogP contribution < -0.4 is 5.32 Å². The molecule has 0 amide bonds. The van der Waals surface area contributed by atoms with Gasteiger partial charge in [0, 0.05) is 43.2 Å². The highest BCUT2D eigenvalue weighted by molar-refractivity contribution is 5.93. The third-order valence-corrected chi connectivity index (χ3v) is 10.6. The van der Waals surface area contributed by atoms with Crippen molar-refractivity contribution in [2.24, 2.45) is 17.3 Å². The maximum atomic E-state index is 15.2. The van der Waals surface area contributed by atoms with Crippen LogP contribution in [0.2, 0.25) is 0 Å². The van der Waals surface area contributed by atoms with E-state index in [1.165, 1.54) is 6.92 Å². The summed E-state index contributed by atoms with van der Waals surface area (Å²) in [4.78, 5) is 16.3. The lowest BCUT2D eigenvalue weighted by molar-refractivity contribution is -0.362. The predicted molar refractivity (Wildman–Crippen MR) is 147 cm³/mol. The Kier molecular flexibility index (Phi) is 7.20. The van der Waals surface area contributed by atoms with Gasteiger partial charge < -0.3 is 10.4 Å². The molecule has 224 valence electrons. The van der Waals surface area contributed by atoms with Crippen molar-refractivity contribution in [3.8, 4) is 0 Å². The average molecular weight is 587 g/mol. The van der Waals surface area contributed by atoms with Gasteiger partial charge in [-0.05, 0) is 96.4 Å². The zero-order valence-electron chi connectivity index (χ0n) is 23.5. The normalized spacial score (nSPS) is 31.4. The summed E-state index contributed by atoms with van der Waals surface area (Å²) in [7, 11) is 0. The number of ketones is 1. The molecule has 0 saturated heterocycles. The van der Waals surface area contributed by atoms with Gasteiger partial charge in [-0.25, -0.2) is 0 Å². The second-order valence-electron chi connectivity index (χ2n) is 12.7. The van der Waals surface area contributed by atoms with Crippen molar-refractivity contribution in [3.05, 3.63) is 88.3 Å². The third kappa shape index (κ3) is 4.55. The van der Waals surface area contributed by atoms with E-state index in [4.69, 9.17) is 0 Å². The molecule has 1 heterocycles. The zero-order chi connectivity index (χ0) is 29.9. The summed E-state index contributed by atoms with van der Waals surface area (Å²) < 4.78 is 71.6. The lowest BCUT2D eigenvalue weighted by atomic mass is 9.50. The number of nitrogens with one attached hydrogen (secondary N) is 1. The van der Waals surface area contributed by atoms with Crippen molar-refractivity contribution in [1.29, 1.82) is 0 Å². The first kappa shape index (κ1) is 29.2. The van der Waals surface area contributed by atoms with Gasteiger partial charge in [-0.15, -0.1) is 0 Å². The highest BCUT2D eigenvalue weighted by Crippen LogP contribution is 2.70. The molecule has 42 heavy (non-hydrogen) atoms. The molecule has 4 nitrogen and oxygen atoms in total. The SMILES string of the molecule is C[C@]12C[C@H](c3ccc(CNCc4ccncc4)cc3)C3=C4CCC(=O)C=C4CC[C@H]3[C@@H]1CC[C@@]2(O)C(F)(F)C(F)(F)F. The number of hydrogen-bond donors (Lipinski definition) is 2. The number of benzene rings is 1. The Morgan fingerprint density at radius 3 is 2.29 bits per heavy atom. The molecular weight excluding hydrogens is 551 g/mol. The van der Waals surface area contributed by atoms with Crippen molar-refractivity contribution in [1.82, 2.24) is 10.3 Å². The van der Waals surface area contributed by atoms with Gasteiger partial charge in [0.15, 0.2) is 5.78 Å². The quantitative estimate of drug-likeness (QED) is 0.352. The minimum atomic E-state index is -5.86. The molecule has 9 heteroatoms. The Morgan fingerprint density at radius 1 is 0.952 bits per heavy atom. The van der Waals surface area contributed by atoms with Crippen LogP contribution in [0.5, 0.6) is 0 Å². The number of alkyl halides is 5. The fourth-order valence-electron chi connectivity index (χ4n) is 8.43.